The van der Waals surface area contributed by atoms with Crippen LogP contribution < -0.4 is 4.74 Å². The zero-order chi connectivity index (χ0) is 18.2. The Hall–Kier alpha value is -3.22. The molecule has 0 bridgehead atoms. The van der Waals surface area contributed by atoms with Gasteiger partial charge in [0.05, 0.1) is 24.2 Å². The van der Waals surface area contributed by atoms with E-state index in [2.05, 4.69) is 36.2 Å². The lowest BCUT2D eigenvalue weighted by atomic mass is 10.1. The number of nitrogens with one attached hydrogen (secondary N) is 1. The van der Waals surface area contributed by atoms with E-state index in [4.69, 9.17) is 4.74 Å². The van der Waals surface area contributed by atoms with Gasteiger partial charge in [0.2, 0.25) is 0 Å². The van der Waals surface area contributed by atoms with Crippen LogP contribution in [0, 0.1) is 0 Å². The molecule has 1 N–H and O–H groups in total. The molecule has 0 unspecified atom stereocenters. The van der Waals surface area contributed by atoms with Crippen LogP contribution in [0.25, 0.3) is 33.8 Å². The molecule has 7 nitrogen and oxygen atoms in total. The van der Waals surface area contributed by atoms with Gasteiger partial charge in [0.25, 0.3) is 0 Å². The fourth-order valence-corrected chi connectivity index (χ4v) is 3.85. The molecule has 0 spiro atoms. The molecule has 2 heterocycles. The van der Waals surface area contributed by atoms with Gasteiger partial charge in [0.1, 0.15) is 11.3 Å². The molecule has 2 aromatic heterocycles. The lowest BCUT2D eigenvalue weighted by Gasteiger charge is -2.09. The first-order valence-electron chi connectivity index (χ1n) is 9.24. The summed E-state index contributed by atoms with van der Waals surface area (Å²) < 4.78 is 7.49. The normalized spacial score (nSPS) is 14.9. The summed E-state index contributed by atoms with van der Waals surface area (Å²) in [6.45, 7) is 0. The monoisotopic (exact) mass is 360 g/mol. The van der Waals surface area contributed by atoms with Crippen LogP contribution in [-0.4, -0.2) is 37.3 Å². The molecule has 0 aliphatic heterocycles. The fraction of sp³-hybridized carbons (Fsp3) is 0.300. The summed E-state index contributed by atoms with van der Waals surface area (Å²) in [5.41, 5.74) is 3.75. The minimum Gasteiger partial charge on any atom is -0.496 e. The number of ether oxygens (including phenoxy) is 1. The van der Waals surface area contributed by atoms with Crippen LogP contribution in [-0.2, 0) is 0 Å². The third-order valence-corrected chi connectivity index (χ3v) is 5.25. The van der Waals surface area contributed by atoms with Crippen LogP contribution in [0.2, 0.25) is 0 Å². The lowest BCUT2D eigenvalue weighted by molar-refractivity contribution is 0.416. The summed E-state index contributed by atoms with van der Waals surface area (Å²) in [5, 5.41) is 16.2. The number of nitrogens with zero attached hydrogens (tertiary/aromatic N) is 5. The molecule has 2 aromatic carbocycles. The molecule has 4 aromatic rings. The summed E-state index contributed by atoms with van der Waals surface area (Å²) in [6, 6.07) is 14.3. The van der Waals surface area contributed by atoms with Gasteiger partial charge in [-0.1, -0.05) is 30.2 Å². The van der Waals surface area contributed by atoms with Gasteiger partial charge in [0.15, 0.2) is 11.6 Å². The molecule has 7 heteroatoms. The number of H-pyrrole nitrogens is 1. The van der Waals surface area contributed by atoms with E-state index in [0.29, 0.717) is 17.7 Å². The van der Waals surface area contributed by atoms with Gasteiger partial charge in [0, 0.05) is 5.56 Å². The number of aromatic amines is 1. The van der Waals surface area contributed by atoms with Crippen molar-refractivity contribution >= 4 is 11.0 Å². The largest absolute Gasteiger partial charge is 0.496 e. The highest BCUT2D eigenvalue weighted by Crippen LogP contribution is 2.32. The third-order valence-electron chi connectivity index (χ3n) is 5.25. The second-order valence-corrected chi connectivity index (χ2v) is 6.88. The molecule has 1 aliphatic carbocycles. The van der Waals surface area contributed by atoms with Crippen LogP contribution in [0.5, 0.6) is 5.75 Å². The Kier molecular flexibility index (Phi) is 3.85. The van der Waals surface area contributed by atoms with Crippen molar-refractivity contribution in [2.24, 2.45) is 0 Å². The molecule has 0 atom stereocenters. The lowest BCUT2D eigenvalue weighted by Crippen LogP contribution is -2.06. The van der Waals surface area contributed by atoms with Gasteiger partial charge in [-0.3, -0.25) is 5.10 Å². The van der Waals surface area contributed by atoms with Crippen LogP contribution in [0.1, 0.15) is 31.7 Å². The smallest absolute Gasteiger partial charge is 0.181 e. The summed E-state index contributed by atoms with van der Waals surface area (Å²) in [5.74, 6) is 2.07. The van der Waals surface area contributed by atoms with E-state index in [9.17, 15) is 0 Å². The Morgan fingerprint density at radius 2 is 1.96 bits per heavy atom. The predicted molar refractivity (Wildman–Crippen MR) is 102 cm³/mol. The maximum Gasteiger partial charge on any atom is 0.181 e. The van der Waals surface area contributed by atoms with Crippen LogP contribution in [0.3, 0.4) is 0 Å². The van der Waals surface area contributed by atoms with Crippen LogP contribution in [0.4, 0.5) is 0 Å². The topological polar surface area (TPSA) is 81.5 Å². The molecule has 1 saturated carbocycles. The first-order valence-corrected chi connectivity index (χ1v) is 9.24. The van der Waals surface area contributed by atoms with Crippen molar-refractivity contribution in [3.05, 3.63) is 42.5 Å². The number of methoxy groups -OCH3 is 1. The van der Waals surface area contributed by atoms with Crippen LogP contribution in [0.15, 0.2) is 42.5 Å². The van der Waals surface area contributed by atoms with Crippen molar-refractivity contribution in [3.8, 4) is 28.5 Å². The average Bonchev–Trinajstić information content (AvgIpc) is 3.47. The first kappa shape index (κ1) is 16.0. The second-order valence-electron chi connectivity index (χ2n) is 6.88. The number of hydrogen-bond donors (Lipinski definition) is 1. The van der Waals surface area contributed by atoms with Gasteiger partial charge in [-0.25, -0.2) is 9.67 Å². The van der Waals surface area contributed by atoms with Gasteiger partial charge in [-0.15, -0.1) is 5.10 Å². The molecule has 136 valence electrons. The quantitative estimate of drug-likeness (QED) is 0.595. The summed E-state index contributed by atoms with van der Waals surface area (Å²) in [6.07, 6.45) is 4.91. The fourth-order valence-electron chi connectivity index (χ4n) is 3.85. The van der Waals surface area contributed by atoms with E-state index >= 15 is 0 Å². The Labute approximate surface area is 156 Å². The molecular weight excluding hydrogens is 340 g/mol. The van der Waals surface area contributed by atoms with Crippen LogP contribution >= 0.6 is 0 Å². The van der Waals surface area contributed by atoms with E-state index in [1.807, 2.05) is 36.4 Å². The summed E-state index contributed by atoms with van der Waals surface area (Å²) >= 11 is 0. The van der Waals surface area contributed by atoms with E-state index < -0.39 is 0 Å². The van der Waals surface area contributed by atoms with Gasteiger partial charge in [-0.2, -0.15) is 5.10 Å². The highest BCUT2D eigenvalue weighted by Gasteiger charge is 2.20. The molecule has 27 heavy (non-hydrogen) atoms. The van der Waals surface area contributed by atoms with E-state index in [1.165, 1.54) is 25.7 Å². The highest BCUT2D eigenvalue weighted by molar-refractivity contribution is 5.80. The molecule has 0 amide bonds. The Morgan fingerprint density at radius 1 is 1.11 bits per heavy atom. The maximum atomic E-state index is 5.42. The standard InChI is InChI=1S/C20H20N6O/c1-27-18-9-5-4-8-15(18)20-21-19(23-24-20)13-10-11-17-16(12-13)22-25-26(17)14-6-2-3-7-14/h4-5,8-12,14H,2-3,6-7H2,1H3,(H,21,23,24). The van der Waals surface area contributed by atoms with Gasteiger partial charge < -0.3 is 4.74 Å². The SMILES string of the molecule is COc1ccccc1-c1nc(-c2ccc3c(c2)nnn3C2CCCC2)n[nH]1. The molecule has 0 saturated heterocycles. The first-order chi connectivity index (χ1) is 13.3. The second kappa shape index (κ2) is 6.50. The van der Waals surface area contributed by atoms with E-state index in [0.717, 1.165) is 27.9 Å². The van der Waals surface area contributed by atoms with Gasteiger partial charge in [-0.05, 0) is 43.2 Å². The van der Waals surface area contributed by atoms with E-state index in [-0.39, 0.29) is 0 Å². The molecule has 0 radical (unpaired) electrons. The Morgan fingerprint density at radius 3 is 2.81 bits per heavy atom. The number of hydrogen-bond acceptors (Lipinski definition) is 5. The summed E-state index contributed by atoms with van der Waals surface area (Å²) in [4.78, 5) is 4.65. The molecule has 1 fully saturated rings. The molecule has 5 rings (SSSR count). The van der Waals surface area contributed by atoms with Gasteiger partial charge >= 0.3 is 0 Å². The minimum absolute atomic E-state index is 0.474. The maximum absolute atomic E-state index is 5.42. The third kappa shape index (κ3) is 2.75. The Balaban J connectivity index is 1.50. The average molecular weight is 360 g/mol. The minimum atomic E-state index is 0.474. The zero-order valence-corrected chi connectivity index (χ0v) is 15.1. The predicted octanol–water partition coefficient (Wildman–Crippen LogP) is 4.01. The van der Waals surface area contributed by atoms with Crippen molar-refractivity contribution < 1.29 is 4.74 Å². The van der Waals surface area contributed by atoms with E-state index in [1.54, 1.807) is 7.11 Å². The number of fused-ring (bicyclic) bond motifs is 1. The zero-order valence-electron chi connectivity index (χ0n) is 15.1. The van der Waals surface area contributed by atoms with Crippen molar-refractivity contribution in [3.63, 3.8) is 0 Å². The number of rotatable bonds is 4. The number of aromatic nitrogens is 6. The Bertz CT molecular complexity index is 1090. The molecular formula is C20H20N6O. The van der Waals surface area contributed by atoms with Crippen molar-refractivity contribution in [1.29, 1.82) is 0 Å². The van der Waals surface area contributed by atoms with Crippen molar-refractivity contribution in [2.45, 2.75) is 31.7 Å². The summed E-state index contributed by atoms with van der Waals surface area (Å²) in [7, 11) is 1.65. The molecule has 1 aliphatic rings. The number of para-hydroxylation sites is 1. The highest BCUT2D eigenvalue weighted by atomic mass is 16.5. The number of benzene rings is 2. The van der Waals surface area contributed by atoms with Crippen molar-refractivity contribution in [1.82, 2.24) is 30.2 Å². The van der Waals surface area contributed by atoms with Crippen molar-refractivity contribution in [2.75, 3.05) is 7.11 Å².